The molecular weight excluding hydrogens is 280 g/mol. The molecule has 4 heteroatoms. The van der Waals surface area contributed by atoms with Crippen molar-refractivity contribution in [3.8, 4) is 0 Å². The van der Waals surface area contributed by atoms with E-state index >= 15 is 0 Å². The maximum Gasteiger partial charge on any atom is 0.135 e. The van der Waals surface area contributed by atoms with Gasteiger partial charge >= 0.3 is 0 Å². The van der Waals surface area contributed by atoms with Crippen LogP contribution in [0.5, 0.6) is 0 Å². The van der Waals surface area contributed by atoms with E-state index in [0.717, 1.165) is 23.1 Å². The van der Waals surface area contributed by atoms with E-state index in [4.69, 9.17) is 0 Å². The van der Waals surface area contributed by atoms with Crippen LogP contribution in [0.15, 0.2) is 28.1 Å². The van der Waals surface area contributed by atoms with Crippen LogP contribution in [0, 0.1) is 13.8 Å². The van der Waals surface area contributed by atoms with Gasteiger partial charge in [0.05, 0.1) is 5.69 Å². The molecule has 2 aromatic rings. The molecule has 0 spiro atoms. The Labute approximate surface area is 131 Å². The zero-order chi connectivity index (χ0) is 15.6. The van der Waals surface area contributed by atoms with Gasteiger partial charge in [0.25, 0.3) is 0 Å². The van der Waals surface area contributed by atoms with Crippen molar-refractivity contribution >= 4 is 11.8 Å². The SMILES string of the molecule is CCn1c(CO)nc(C(C)C)c1Sc1cc(C)cc(C)c1. The zero-order valence-electron chi connectivity index (χ0n) is 13.5. The lowest BCUT2D eigenvalue weighted by atomic mass is 10.1. The monoisotopic (exact) mass is 304 g/mol. The highest BCUT2D eigenvalue weighted by molar-refractivity contribution is 7.99. The van der Waals surface area contributed by atoms with Crippen LogP contribution in [0.1, 0.15) is 49.3 Å². The Kier molecular flexibility index (Phi) is 5.12. The number of hydrogen-bond donors (Lipinski definition) is 1. The normalized spacial score (nSPS) is 11.4. The fourth-order valence-electron chi connectivity index (χ4n) is 2.54. The maximum absolute atomic E-state index is 9.53. The molecule has 0 unspecified atom stereocenters. The quantitative estimate of drug-likeness (QED) is 0.895. The Balaban J connectivity index is 2.48. The second kappa shape index (κ2) is 6.67. The molecule has 0 radical (unpaired) electrons. The topological polar surface area (TPSA) is 38.0 Å². The molecule has 0 saturated carbocycles. The smallest absolute Gasteiger partial charge is 0.135 e. The molecule has 2 rings (SSSR count). The Morgan fingerprint density at radius 3 is 2.29 bits per heavy atom. The third kappa shape index (κ3) is 3.50. The summed E-state index contributed by atoms with van der Waals surface area (Å²) in [7, 11) is 0. The number of rotatable bonds is 5. The molecule has 0 atom stereocenters. The van der Waals surface area contributed by atoms with Crippen LogP contribution in [0.25, 0.3) is 0 Å². The Bertz CT molecular complexity index is 612. The summed E-state index contributed by atoms with van der Waals surface area (Å²) in [6.07, 6.45) is 0. The van der Waals surface area contributed by atoms with Crippen molar-refractivity contribution in [1.82, 2.24) is 9.55 Å². The molecule has 1 N–H and O–H groups in total. The fraction of sp³-hybridized carbons (Fsp3) is 0.471. The molecule has 21 heavy (non-hydrogen) atoms. The number of hydrogen-bond acceptors (Lipinski definition) is 3. The average Bonchev–Trinajstić information content (AvgIpc) is 2.75. The van der Waals surface area contributed by atoms with E-state index in [1.165, 1.54) is 16.0 Å². The van der Waals surface area contributed by atoms with Crippen LogP contribution < -0.4 is 0 Å². The summed E-state index contributed by atoms with van der Waals surface area (Å²) < 4.78 is 2.12. The second-order valence-electron chi connectivity index (χ2n) is 5.70. The van der Waals surface area contributed by atoms with Crippen LogP contribution in [-0.2, 0) is 13.2 Å². The molecule has 0 fully saturated rings. The Hall–Kier alpha value is -1.26. The van der Waals surface area contributed by atoms with Gasteiger partial charge in [0.2, 0.25) is 0 Å². The minimum atomic E-state index is -0.0129. The third-order valence-electron chi connectivity index (χ3n) is 3.44. The fourth-order valence-corrected chi connectivity index (χ4v) is 3.98. The van der Waals surface area contributed by atoms with E-state index in [0.29, 0.717) is 5.92 Å². The number of aliphatic hydroxyl groups is 1. The van der Waals surface area contributed by atoms with E-state index in [1.807, 2.05) is 0 Å². The van der Waals surface area contributed by atoms with Gasteiger partial charge in [-0.25, -0.2) is 4.98 Å². The molecule has 114 valence electrons. The lowest BCUT2D eigenvalue weighted by Crippen LogP contribution is -2.03. The predicted molar refractivity (Wildman–Crippen MR) is 88.0 cm³/mol. The first-order valence-electron chi connectivity index (χ1n) is 7.42. The van der Waals surface area contributed by atoms with E-state index in [9.17, 15) is 5.11 Å². The van der Waals surface area contributed by atoms with Crippen LogP contribution >= 0.6 is 11.8 Å². The van der Waals surface area contributed by atoms with Gasteiger partial charge in [-0.3, -0.25) is 0 Å². The minimum Gasteiger partial charge on any atom is -0.388 e. The molecule has 0 saturated heterocycles. The van der Waals surface area contributed by atoms with Gasteiger partial charge in [-0.05, 0) is 49.9 Å². The number of aliphatic hydroxyl groups excluding tert-OH is 1. The van der Waals surface area contributed by atoms with E-state index in [2.05, 4.69) is 62.4 Å². The van der Waals surface area contributed by atoms with Crippen molar-refractivity contribution in [3.05, 3.63) is 40.8 Å². The van der Waals surface area contributed by atoms with Crippen molar-refractivity contribution in [3.63, 3.8) is 0 Å². The van der Waals surface area contributed by atoms with E-state index in [-0.39, 0.29) is 6.61 Å². The van der Waals surface area contributed by atoms with E-state index < -0.39 is 0 Å². The van der Waals surface area contributed by atoms with Crippen molar-refractivity contribution in [1.29, 1.82) is 0 Å². The molecule has 1 aromatic carbocycles. The standard InChI is InChI=1S/C17H24N2OS/c1-6-19-15(10-20)18-16(11(2)3)17(19)21-14-8-12(4)7-13(5)9-14/h7-9,11,20H,6,10H2,1-5H3. The number of imidazole rings is 1. The molecule has 3 nitrogen and oxygen atoms in total. The van der Waals surface area contributed by atoms with Crippen LogP contribution in [0.2, 0.25) is 0 Å². The summed E-state index contributed by atoms with van der Waals surface area (Å²) >= 11 is 1.75. The highest BCUT2D eigenvalue weighted by atomic mass is 32.2. The lowest BCUT2D eigenvalue weighted by molar-refractivity contribution is 0.264. The maximum atomic E-state index is 9.53. The van der Waals surface area contributed by atoms with Crippen molar-refractivity contribution in [2.24, 2.45) is 0 Å². The number of aryl methyl sites for hydroxylation is 2. The van der Waals surface area contributed by atoms with Crippen molar-refractivity contribution in [2.45, 2.75) is 63.6 Å². The zero-order valence-corrected chi connectivity index (χ0v) is 14.3. The van der Waals surface area contributed by atoms with Gasteiger partial charge in [0.15, 0.2) is 0 Å². The van der Waals surface area contributed by atoms with Gasteiger partial charge < -0.3 is 9.67 Å². The van der Waals surface area contributed by atoms with Gasteiger partial charge in [-0.15, -0.1) is 0 Å². The first-order valence-corrected chi connectivity index (χ1v) is 8.24. The molecule has 0 aliphatic rings. The summed E-state index contributed by atoms with van der Waals surface area (Å²) in [5, 5.41) is 10.7. The van der Waals surface area contributed by atoms with Gasteiger partial charge in [0, 0.05) is 11.4 Å². The van der Waals surface area contributed by atoms with Gasteiger partial charge in [-0.1, -0.05) is 31.7 Å². The Morgan fingerprint density at radius 2 is 1.81 bits per heavy atom. The predicted octanol–water partition coefficient (Wildman–Crippen LogP) is 4.29. The summed E-state index contributed by atoms with van der Waals surface area (Å²) in [5.41, 5.74) is 3.62. The summed E-state index contributed by atoms with van der Waals surface area (Å²) in [5.74, 6) is 1.10. The van der Waals surface area contributed by atoms with Crippen molar-refractivity contribution < 1.29 is 5.11 Å². The second-order valence-corrected chi connectivity index (χ2v) is 6.76. The van der Waals surface area contributed by atoms with E-state index in [1.54, 1.807) is 11.8 Å². The summed E-state index contributed by atoms with van der Waals surface area (Å²) in [4.78, 5) is 5.86. The van der Waals surface area contributed by atoms with Gasteiger partial charge in [0.1, 0.15) is 17.5 Å². The highest BCUT2D eigenvalue weighted by Crippen LogP contribution is 2.35. The molecule has 0 amide bonds. The average molecular weight is 304 g/mol. The minimum absolute atomic E-state index is 0.0129. The molecule has 1 heterocycles. The van der Waals surface area contributed by atoms with Crippen LogP contribution in [0.3, 0.4) is 0 Å². The lowest BCUT2D eigenvalue weighted by Gasteiger charge is -2.11. The largest absolute Gasteiger partial charge is 0.388 e. The third-order valence-corrected chi connectivity index (χ3v) is 4.53. The summed E-state index contributed by atoms with van der Waals surface area (Å²) in [6.45, 7) is 11.4. The highest BCUT2D eigenvalue weighted by Gasteiger charge is 2.19. The molecule has 0 bridgehead atoms. The number of benzene rings is 1. The molecule has 1 aromatic heterocycles. The van der Waals surface area contributed by atoms with Crippen LogP contribution in [0.4, 0.5) is 0 Å². The molecule has 0 aliphatic carbocycles. The summed E-state index contributed by atoms with van der Waals surface area (Å²) in [6, 6.07) is 6.59. The first-order chi connectivity index (χ1) is 9.96. The van der Waals surface area contributed by atoms with Crippen molar-refractivity contribution in [2.75, 3.05) is 0 Å². The first kappa shape index (κ1) is 16.1. The molecule has 0 aliphatic heterocycles. The van der Waals surface area contributed by atoms with Crippen LogP contribution in [-0.4, -0.2) is 14.7 Å². The molecular formula is C17H24N2OS. The number of nitrogens with zero attached hydrogens (tertiary/aromatic N) is 2. The van der Waals surface area contributed by atoms with Gasteiger partial charge in [-0.2, -0.15) is 0 Å². The Morgan fingerprint density at radius 1 is 1.19 bits per heavy atom. The number of aromatic nitrogens is 2.